The van der Waals surface area contributed by atoms with Crippen molar-refractivity contribution in [2.75, 3.05) is 32.9 Å². The van der Waals surface area contributed by atoms with E-state index in [-0.39, 0.29) is 5.41 Å². The molecule has 0 N–H and O–H groups in total. The maximum atomic E-state index is 6.05. The molecular weight excluding hydrogens is 280 g/mol. The summed E-state index contributed by atoms with van der Waals surface area (Å²) in [6.07, 6.45) is 5.48. The standard InChI is InChI=1S/C17H26N2O3/c1-3-8-20-13-17-6-4-9-21-16(17)5-7-19(12-17)11-15-10-14(2)22-18-15/h3,10,16H,1,4-9,11-13H2,2H3/t16-,17-/m0/s1. The van der Waals surface area contributed by atoms with Crippen LogP contribution in [0.15, 0.2) is 23.2 Å². The molecule has 0 unspecified atom stereocenters. The average Bonchev–Trinajstić information content (AvgIpc) is 2.92. The van der Waals surface area contributed by atoms with Gasteiger partial charge in [0, 0.05) is 37.7 Å². The zero-order valence-electron chi connectivity index (χ0n) is 13.4. The van der Waals surface area contributed by atoms with Crippen molar-refractivity contribution >= 4 is 0 Å². The highest BCUT2D eigenvalue weighted by Gasteiger charge is 2.46. The normalized spacial score (nSPS) is 29.2. The minimum absolute atomic E-state index is 0.109. The Morgan fingerprint density at radius 3 is 3.27 bits per heavy atom. The van der Waals surface area contributed by atoms with E-state index in [4.69, 9.17) is 14.0 Å². The molecule has 1 aromatic heterocycles. The summed E-state index contributed by atoms with van der Waals surface area (Å²) in [4.78, 5) is 2.46. The van der Waals surface area contributed by atoms with Gasteiger partial charge in [0.05, 0.1) is 25.0 Å². The van der Waals surface area contributed by atoms with Gasteiger partial charge in [-0.25, -0.2) is 0 Å². The molecule has 5 heteroatoms. The third-order valence-corrected chi connectivity index (χ3v) is 4.75. The van der Waals surface area contributed by atoms with Crippen molar-refractivity contribution in [3.63, 3.8) is 0 Å². The Bertz CT molecular complexity index is 502. The Morgan fingerprint density at radius 2 is 2.50 bits per heavy atom. The summed E-state index contributed by atoms with van der Waals surface area (Å²) < 4.78 is 17.1. The topological polar surface area (TPSA) is 47.7 Å². The summed E-state index contributed by atoms with van der Waals surface area (Å²) >= 11 is 0. The van der Waals surface area contributed by atoms with E-state index >= 15 is 0 Å². The molecule has 2 saturated heterocycles. The Labute approximate surface area is 132 Å². The Hall–Kier alpha value is -1.17. The molecule has 122 valence electrons. The van der Waals surface area contributed by atoms with Crippen LogP contribution < -0.4 is 0 Å². The van der Waals surface area contributed by atoms with Crippen LogP contribution in [0.4, 0.5) is 0 Å². The fraction of sp³-hybridized carbons (Fsp3) is 0.706. The predicted molar refractivity (Wildman–Crippen MR) is 83.6 cm³/mol. The number of likely N-dealkylation sites (tertiary alicyclic amines) is 1. The van der Waals surface area contributed by atoms with Crippen molar-refractivity contribution in [1.82, 2.24) is 10.1 Å². The molecule has 2 aliphatic heterocycles. The number of aromatic nitrogens is 1. The van der Waals surface area contributed by atoms with Crippen molar-refractivity contribution in [2.24, 2.45) is 5.41 Å². The molecule has 0 amide bonds. The van der Waals surface area contributed by atoms with Gasteiger partial charge >= 0.3 is 0 Å². The van der Waals surface area contributed by atoms with Crippen molar-refractivity contribution in [1.29, 1.82) is 0 Å². The van der Waals surface area contributed by atoms with E-state index in [1.807, 2.05) is 19.1 Å². The van der Waals surface area contributed by atoms with Crippen LogP contribution >= 0.6 is 0 Å². The lowest BCUT2D eigenvalue weighted by atomic mass is 9.73. The molecule has 0 saturated carbocycles. The molecule has 0 radical (unpaired) electrons. The van der Waals surface area contributed by atoms with Crippen LogP contribution in [-0.2, 0) is 16.0 Å². The SMILES string of the molecule is C=CCOC[C@@]12CCCO[C@H]1CCN(Cc1cc(C)on1)C2. The van der Waals surface area contributed by atoms with Crippen LogP contribution in [-0.4, -0.2) is 49.1 Å². The number of hydrogen-bond donors (Lipinski definition) is 0. The van der Waals surface area contributed by atoms with Crippen molar-refractivity contribution < 1.29 is 14.0 Å². The van der Waals surface area contributed by atoms with Crippen molar-refractivity contribution in [3.8, 4) is 0 Å². The number of fused-ring (bicyclic) bond motifs is 1. The minimum atomic E-state index is 0.109. The first-order valence-electron chi connectivity index (χ1n) is 8.17. The van der Waals surface area contributed by atoms with E-state index in [0.29, 0.717) is 12.7 Å². The third kappa shape index (κ3) is 3.42. The van der Waals surface area contributed by atoms with Gasteiger partial charge in [0.25, 0.3) is 0 Å². The first-order valence-corrected chi connectivity index (χ1v) is 8.17. The molecule has 3 heterocycles. The quantitative estimate of drug-likeness (QED) is 0.597. The second-order valence-electron chi connectivity index (χ2n) is 6.56. The fourth-order valence-electron chi connectivity index (χ4n) is 3.80. The van der Waals surface area contributed by atoms with E-state index in [9.17, 15) is 0 Å². The molecule has 2 atom stereocenters. The molecule has 5 nitrogen and oxygen atoms in total. The summed E-state index contributed by atoms with van der Waals surface area (Å²) in [5, 5.41) is 4.12. The number of nitrogens with zero attached hydrogens (tertiary/aromatic N) is 2. The number of rotatable bonds is 6. The van der Waals surface area contributed by atoms with Gasteiger partial charge in [-0.05, 0) is 26.2 Å². The van der Waals surface area contributed by atoms with Gasteiger partial charge in [-0.2, -0.15) is 0 Å². The molecule has 0 aromatic carbocycles. The van der Waals surface area contributed by atoms with Gasteiger partial charge in [-0.15, -0.1) is 6.58 Å². The molecule has 22 heavy (non-hydrogen) atoms. The zero-order valence-corrected chi connectivity index (χ0v) is 13.4. The first kappa shape index (κ1) is 15.7. The second kappa shape index (κ2) is 6.94. The van der Waals surface area contributed by atoms with Gasteiger partial charge in [0.15, 0.2) is 0 Å². The van der Waals surface area contributed by atoms with Crippen molar-refractivity contribution in [2.45, 2.75) is 38.8 Å². The Morgan fingerprint density at radius 1 is 1.59 bits per heavy atom. The summed E-state index contributed by atoms with van der Waals surface area (Å²) in [5.41, 5.74) is 1.12. The zero-order chi connectivity index (χ0) is 15.4. The van der Waals surface area contributed by atoms with Crippen LogP contribution in [0.2, 0.25) is 0 Å². The van der Waals surface area contributed by atoms with Crippen LogP contribution in [0.1, 0.15) is 30.7 Å². The molecule has 0 aliphatic carbocycles. The molecule has 2 fully saturated rings. The summed E-state index contributed by atoms with van der Waals surface area (Å²) in [7, 11) is 0. The van der Waals surface area contributed by atoms with E-state index in [1.54, 1.807) is 0 Å². The largest absolute Gasteiger partial charge is 0.377 e. The number of hydrogen-bond acceptors (Lipinski definition) is 5. The van der Waals surface area contributed by atoms with Crippen LogP contribution in [0.25, 0.3) is 0 Å². The van der Waals surface area contributed by atoms with E-state index < -0.39 is 0 Å². The lowest BCUT2D eigenvalue weighted by molar-refractivity contribution is -0.152. The van der Waals surface area contributed by atoms with E-state index in [0.717, 1.165) is 57.1 Å². The number of piperidine rings is 1. The van der Waals surface area contributed by atoms with E-state index in [2.05, 4.69) is 16.6 Å². The molecular formula is C17H26N2O3. The average molecular weight is 306 g/mol. The molecule has 0 spiro atoms. The number of aryl methyl sites for hydroxylation is 1. The maximum absolute atomic E-state index is 6.05. The first-order chi connectivity index (χ1) is 10.7. The van der Waals surface area contributed by atoms with Gasteiger partial charge in [-0.1, -0.05) is 11.2 Å². The highest BCUT2D eigenvalue weighted by molar-refractivity contribution is 5.05. The monoisotopic (exact) mass is 306 g/mol. The molecule has 3 rings (SSSR count). The molecule has 1 aromatic rings. The lowest BCUT2D eigenvalue weighted by Gasteiger charge is -2.50. The summed E-state index contributed by atoms with van der Waals surface area (Å²) in [5.74, 6) is 0.870. The molecule has 2 aliphatic rings. The second-order valence-corrected chi connectivity index (χ2v) is 6.56. The van der Waals surface area contributed by atoms with Crippen LogP contribution in [0.3, 0.4) is 0 Å². The maximum Gasteiger partial charge on any atom is 0.133 e. The van der Waals surface area contributed by atoms with Crippen LogP contribution in [0.5, 0.6) is 0 Å². The smallest absolute Gasteiger partial charge is 0.133 e. The third-order valence-electron chi connectivity index (χ3n) is 4.75. The highest BCUT2D eigenvalue weighted by Crippen LogP contribution is 2.40. The van der Waals surface area contributed by atoms with Crippen molar-refractivity contribution in [3.05, 3.63) is 30.2 Å². The van der Waals surface area contributed by atoms with Gasteiger partial charge < -0.3 is 14.0 Å². The van der Waals surface area contributed by atoms with Gasteiger partial charge in [0.2, 0.25) is 0 Å². The van der Waals surface area contributed by atoms with Crippen LogP contribution in [0, 0.1) is 12.3 Å². The highest BCUT2D eigenvalue weighted by atomic mass is 16.5. The summed E-state index contributed by atoms with van der Waals surface area (Å²) in [6, 6.07) is 2.02. The van der Waals surface area contributed by atoms with Gasteiger partial charge in [0.1, 0.15) is 5.76 Å². The Balaban J connectivity index is 1.66. The lowest BCUT2D eigenvalue weighted by Crippen LogP contribution is -2.56. The number of ether oxygens (including phenoxy) is 2. The summed E-state index contributed by atoms with van der Waals surface area (Å²) in [6.45, 7) is 10.8. The minimum Gasteiger partial charge on any atom is -0.377 e. The fourth-order valence-corrected chi connectivity index (χ4v) is 3.80. The van der Waals surface area contributed by atoms with E-state index in [1.165, 1.54) is 6.42 Å². The van der Waals surface area contributed by atoms with Gasteiger partial charge in [-0.3, -0.25) is 4.90 Å². The predicted octanol–water partition coefficient (Wildman–Crippen LogP) is 2.56. The molecule has 0 bridgehead atoms. The Kier molecular flexibility index (Phi) is 4.96.